The summed E-state index contributed by atoms with van der Waals surface area (Å²) in [5, 5.41) is 3.68. The Hall–Kier alpha value is -0.510. The maximum absolute atomic E-state index is 3.68. The molecular weight excluding hydrogens is 264 g/mol. The maximum Gasteiger partial charge on any atom is 0.0233 e. The van der Waals surface area contributed by atoms with E-state index >= 15 is 0 Å². The van der Waals surface area contributed by atoms with Gasteiger partial charge in [-0.1, -0.05) is 12.1 Å². The molecule has 0 bridgehead atoms. The molecule has 1 unspecified atom stereocenters. The zero-order valence-corrected chi connectivity index (χ0v) is 13.3. The molecule has 1 aromatic rings. The summed E-state index contributed by atoms with van der Waals surface area (Å²) in [5.41, 5.74) is 1.46. The van der Waals surface area contributed by atoms with Crippen LogP contribution in [0.4, 0.5) is 0 Å². The van der Waals surface area contributed by atoms with E-state index in [2.05, 4.69) is 40.7 Å². The van der Waals surface area contributed by atoms with Crippen LogP contribution in [0.15, 0.2) is 29.2 Å². The Kier molecular flexibility index (Phi) is 5.03. The van der Waals surface area contributed by atoms with Crippen molar-refractivity contribution >= 4 is 11.8 Å². The quantitative estimate of drug-likeness (QED) is 0.856. The van der Waals surface area contributed by atoms with Crippen LogP contribution in [-0.2, 0) is 6.54 Å². The van der Waals surface area contributed by atoms with Gasteiger partial charge >= 0.3 is 0 Å². The van der Waals surface area contributed by atoms with Crippen molar-refractivity contribution < 1.29 is 0 Å². The van der Waals surface area contributed by atoms with E-state index in [-0.39, 0.29) is 0 Å². The summed E-state index contributed by atoms with van der Waals surface area (Å²) in [4.78, 5) is 3.99. The SMILES string of the molecule is CSc1ccc(CN2CCC(C3CCCN3)CC2)cc1. The smallest absolute Gasteiger partial charge is 0.0233 e. The Morgan fingerprint density at radius 3 is 2.50 bits per heavy atom. The van der Waals surface area contributed by atoms with Crippen molar-refractivity contribution in [1.29, 1.82) is 0 Å². The highest BCUT2D eigenvalue weighted by atomic mass is 32.2. The minimum atomic E-state index is 0.818. The number of hydrogen-bond donors (Lipinski definition) is 1. The van der Waals surface area contributed by atoms with Crippen LogP contribution in [0.25, 0.3) is 0 Å². The van der Waals surface area contributed by atoms with Gasteiger partial charge in [-0.25, -0.2) is 0 Å². The summed E-state index contributed by atoms with van der Waals surface area (Å²) >= 11 is 1.82. The second-order valence-corrected chi connectivity index (χ2v) is 7.04. The monoisotopic (exact) mass is 290 g/mol. The first-order valence-electron chi connectivity index (χ1n) is 7.94. The van der Waals surface area contributed by atoms with Gasteiger partial charge in [0.05, 0.1) is 0 Å². The molecule has 0 saturated carbocycles. The fourth-order valence-corrected chi connectivity index (χ4v) is 4.02. The van der Waals surface area contributed by atoms with Gasteiger partial charge < -0.3 is 5.32 Å². The minimum absolute atomic E-state index is 0.818. The van der Waals surface area contributed by atoms with Crippen molar-refractivity contribution in [2.24, 2.45) is 5.92 Å². The molecule has 0 amide bonds. The van der Waals surface area contributed by atoms with Crippen LogP contribution in [0, 0.1) is 5.92 Å². The number of benzene rings is 1. The molecule has 2 nitrogen and oxygen atoms in total. The Labute approximate surface area is 127 Å². The highest BCUT2D eigenvalue weighted by molar-refractivity contribution is 7.98. The van der Waals surface area contributed by atoms with Gasteiger partial charge in [0.2, 0.25) is 0 Å². The van der Waals surface area contributed by atoms with Crippen LogP contribution < -0.4 is 5.32 Å². The Morgan fingerprint density at radius 2 is 1.90 bits per heavy atom. The van der Waals surface area contributed by atoms with E-state index in [9.17, 15) is 0 Å². The first-order valence-corrected chi connectivity index (χ1v) is 9.16. The topological polar surface area (TPSA) is 15.3 Å². The summed E-state index contributed by atoms with van der Waals surface area (Å²) in [6.45, 7) is 4.91. The number of likely N-dealkylation sites (tertiary alicyclic amines) is 1. The Morgan fingerprint density at radius 1 is 1.15 bits per heavy atom. The fourth-order valence-electron chi connectivity index (χ4n) is 3.62. The van der Waals surface area contributed by atoms with Crippen molar-refractivity contribution in [2.45, 2.75) is 43.2 Å². The molecule has 20 heavy (non-hydrogen) atoms. The Balaban J connectivity index is 1.47. The predicted molar refractivity (Wildman–Crippen MR) is 87.2 cm³/mol. The van der Waals surface area contributed by atoms with Crippen LogP contribution in [0.2, 0.25) is 0 Å². The molecule has 2 saturated heterocycles. The van der Waals surface area contributed by atoms with Crippen LogP contribution in [0.5, 0.6) is 0 Å². The van der Waals surface area contributed by atoms with Gasteiger partial charge in [0, 0.05) is 17.5 Å². The molecule has 2 aliphatic rings. The average molecular weight is 290 g/mol. The van der Waals surface area contributed by atoms with Gasteiger partial charge in [-0.2, -0.15) is 0 Å². The lowest BCUT2D eigenvalue weighted by atomic mass is 9.88. The van der Waals surface area contributed by atoms with Crippen molar-refractivity contribution in [2.75, 3.05) is 25.9 Å². The first-order chi connectivity index (χ1) is 9.85. The number of hydrogen-bond acceptors (Lipinski definition) is 3. The summed E-state index contributed by atoms with van der Waals surface area (Å²) < 4.78 is 0. The van der Waals surface area contributed by atoms with E-state index in [1.54, 1.807) is 0 Å². The molecule has 0 spiro atoms. The van der Waals surface area contributed by atoms with E-state index in [1.807, 2.05) is 11.8 Å². The van der Waals surface area contributed by atoms with Crippen LogP contribution in [0.1, 0.15) is 31.2 Å². The fraction of sp³-hybridized carbons (Fsp3) is 0.647. The van der Waals surface area contributed by atoms with Crippen LogP contribution >= 0.6 is 11.8 Å². The van der Waals surface area contributed by atoms with E-state index < -0.39 is 0 Å². The zero-order chi connectivity index (χ0) is 13.8. The Bertz CT molecular complexity index is 404. The third kappa shape index (κ3) is 3.57. The predicted octanol–water partition coefficient (Wildman–Crippen LogP) is 3.37. The summed E-state index contributed by atoms with van der Waals surface area (Å²) in [7, 11) is 0. The van der Waals surface area contributed by atoms with E-state index in [0.717, 1.165) is 18.5 Å². The highest BCUT2D eigenvalue weighted by Gasteiger charge is 2.28. The molecule has 1 aromatic carbocycles. The second-order valence-electron chi connectivity index (χ2n) is 6.16. The van der Waals surface area contributed by atoms with Crippen molar-refractivity contribution in [3.05, 3.63) is 29.8 Å². The number of piperidine rings is 1. The largest absolute Gasteiger partial charge is 0.314 e. The molecule has 1 N–H and O–H groups in total. The number of nitrogens with one attached hydrogen (secondary N) is 1. The molecule has 110 valence electrons. The van der Waals surface area contributed by atoms with Gasteiger partial charge in [0.25, 0.3) is 0 Å². The number of thioether (sulfide) groups is 1. The molecule has 2 fully saturated rings. The molecule has 0 aromatic heterocycles. The van der Waals surface area contributed by atoms with E-state index in [0.29, 0.717) is 0 Å². The molecule has 2 aliphatic heterocycles. The minimum Gasteiger partial charge on any atom is -0.314 e. The maximum atomic E-state index is 3.68. The first kappa shape index (κ1) is 14.4. The number of nitrogens with zero attached hydrogens (tertiary/aromatic N) is 1. The van der Waals surface area contributed by atoms with E-state index in [1.165, 1.54) is 55.8 Å². The third-order valence-electron chi connectivity index (χ3n) is 4.86. The van der Waals surface area contributed by atoms with E-state index in [4.69, 9.17) is 0 Å². The normalized spacial score (nSPS) is 25.1. The van der Waals surface area contributed by atoms with Gasteiger partial charge in [-0.3, -0.25) is 4.90 Å². The molecule has 0 aliphatic carbocycles. The zero-order valence-electron chi connectivity index (χ0n) is 12.5. The van der Waals surface area contributed by atoms with Crippen molar-refractivity contribution in [3.63, 3.8) is 0 Å². The van der Waals surface area contributed by atoms with Gasteiger partial charge in [0.15, 0.2) is 0 Å². The average Bonchev–Trinajstić information content (AvgIpc) is 3.03. The molecule has 0 radical (unpaired) electrons. The molecule has 3 heteroatoms. The lowest BCUT2D eigenvalue weighted by Crippen LogP contribution is -2.40. The second kappa shape index (κ2) is 6.97. The highest BCUT2D eigenvalue weighted by Crippen LogP contribution is 2.26. The standard InChI is InChI=1S/C17H26N2S/c1-20-16-6-4-14(5-7-16)13-19-11-8-15(9-12-19)17-3-2-10-18-17/h4-7,15,17-18H,2-3,8-13H2,1H3. The third-order valence-corrected chi connectivity index (χ3v) is 5.61. The summed E-state index contributed by atoms with van der Waals surface area (Å²) in [5.74, 6) is 0.924. The lowest BCUT2D eigenvalue weighted by molar-refractivity contribution is 0.157. The summed E-state index contributed by atoms with van der Waals surface area (Å²) in [6.07, 6.45) is 7.67. The molecular formula is C17H26N2S. The van der Waals surface area contributed by atoms with Gasteiger partial charge in [-0.05, 0) is 75.2 Å². The van der Waals surface area contributed by atoms with Crippen LogP contribution in [-0.4, -0.2) is 36.8 Å². The molecule has 2 heterocycles. The van der Waals surface area contributed by atoms with Crippen LogP contribution in [0.3, 0.4) is 0 Å². The van der Waals surface area contributed by atoms with Crippen molar-refractivity contribution in [1.82, 2.24) is 10.2 Å². The molecule has 3 rings (SSSR count). The summed E-state index contributed by atoms with van der Waals surface area (Å²) in [6, 6.07) is 9.88. The van der Waals surface area contributed by atoms with Gasteiger partial charge in [0.1, 0.15) is 0 Å². The van der Waals surface area contributed by atoms with Crippen molar-refractivity contribution in [3.8, 4) is 0 Å². The van der Waals surface area contributed by atoms with Gasteiger partial charge in [-0.15, -0.1) is 11.8 Å². The molecule has 1 atom stereocenters. The number of rotatable bonds is 4. The lowest BCUT2D eigenvalue weighted by Gasteiger charge is -2.34.